The van der Waals surface area contributed by atoms with E-state index in [0.29, 0.717) is 23.0 Å². The third kappa shape index (κ3) is 7.31. The molecule has 2 saturated carbocycles. The van der Waals surface area contributed by atoms with Crippen LogP contribution in [0.3, 0.4) is 0 Å². The predicted octanol–water partition coefficient (Wildman–Crippen LogP) is 6.96. The van der Waals surface area contributed by atoms with E-state index in [0.717, 1.165) is 67.7 Å². The molecule has 10 nitrogen and oxygen atoms in total. The van der Waals surface area contributed by atoms with Gasteiger partial charge in [-0.25, -0.2) is 9.97 Å². The lowest BCUT2D eigenvalue weighted by atomic mass is 10.1. The number of Topliss-reactive ketones (excluding diaryl/α,β-unsaturated/α-hetero) is 1. The highest BCUT2D eigenvalue weighted by Crippen LogP contribution is 2.33. The van der Waals surface area contributed by atoms with E-state index in [4.69, 9.17) is 5.41 Å². The van der Waals surface area contributed by atoms with Crippen molar-refractivity contribution in [3.05, 3.63) is 80.9 Å². The van der Waals surface area contributed by atoms with Gasteiger partial charge in [-0.15, -0.1) is 0 Å². The Morgan fingerprint density at radius 3 is 1.91 bits per heavy atom. The van der Waals surface area contributed by atoms with E-state index in [2.05, 4.69) is 62.4 Å². The molecule has 3 aromatic heterocycles. The van der Waals surface area contributed by atoms with E-state index >= 15 is 0 Å². The van der Waals surface area contributed by atoms with Crippen molar-refractivity contribution in [2.75, 3.05) is 0 Å². The minimum Gasteiger partial charge on any atom is -0.350 e. The molecule has 2 fully saturated rings. The number of fused-ring (bicyclic) bond motifs is 2. The van der Waals surface area contributed by atoms with Crippen molar-refractivity contribution < 1.29 is 14.4 Å². The molecule has 0 radical (unpaired) electrons. The van der Waals surface area contributed by atoms with Crippen LogP contribution in [0.4, 0.5) is 0 Å². The van der Waals surface area contributed by atoms with Crippen LogP contribution in [0.25, 0.3) is 33.1 Å². The van der Waals surface area contributed by atoms with Gasteiger partial charge >= 0.3 is 0 Å². The van der Waals surface area contributed by atoms with Crippen molar-refractivity contribution in [2.24, 2.45) is 0 Å². The number of hydrogen-bond donors (Lipinski definition) is 5. The van der Waals surface area contributed by atoms with Crippen molar-refractivity contribution in [1.82, 2.24) is 30.6 Å². The summed E-state index contributed by atoms with van der Waals surface area (Å²) in [5.41, 5.74) is 4.66. The molecule has 226 valence electrons. The molecule has 3 heterocycles. The highest BCUT2D eigenvalue weighted by molar-refractivity contribution is 9.10. The molecule has 0 unspecified atom stereocenters. The van der Waals surface area contributed by atoms with Gasteiger partial charge in [0.15, 0.2) is 5.78 Å². The summed E-state index contributed by atoms with van der Waals surface area (Å²) in [6.07, 6.45) is 8.58. The third-order valence-corrected chi connectivity index (χ3v) is 7.98. The number of ketones is 1. The van der Waals surface area contributed by atoms with Crippen LogP contribution in [0.15, 0.2) is 63.9 Å². The van der Waals surface area contributed by atoms with Gasteiger partial charge in [-0.1, -0.05) is 31.9 Å². The fourth-order valence-electron chi connectivity index (χ4n) is 4.71. The average molecular weight is 721 g/mol. The molecule has 5 N–H and O–H groups in total. The first-order chi connectivity index (χ1) is 21.2. The lowest BCUT2D eigenvalue weighted by Crippen LogP contribution is -2.27. The van der Waals surface area contributed by atoms with Gasteiger partial charge in [0.1, 0.15) is 17.7 Å². The molecule has 0 atom stereocenters. The maximum Gasteiger partial charge on any atom is 0.268 e. The molecule has 2 aliphatic rings. The summed E-state index contributed by atoms with van der Waals surface area (Å²) in [6, 6.07) is 13.9. The van der Waals surface area contributed by atoms with Gasteiger partial charge in [0.25, 0.3) is 11.8 Å². The molecule has 0 spiro atoms. The molecule has 7 rings (SSSR count). The van der Waals surface area contributed by atoms with Gasteiger partial charge in [-0.2, -0.15) is 0 Å². The number of aromatic amines is 2. The zero-order valence-electron chi connectivity index (χ0n) is 24.1. The standard InChI is InChI=1S/C16H13BrN4O.C14H13BrN2O2.C2H5N/c17-9-1-4-12-11(7-9)14(13-5-6-18-8-19-13)15(21-12)16(22)20-10-2-3-10;1-7(18)12-10-6-8(15)2-5-11(10)17-13(12)14(19)16-9-3-4-9;1-2-3/h1,4-8,10,21H,2-3H2,(H,20,22);2,5-6,9,17H,3-4H2,1H3,(H,16,19);2-3H,1H3. The number of amides is 2. The normalized spacial score (nSPS) is 13.7. The van der Waals surface area contributed by atoms with E-state index in [9.17, 15) is 14.4 Å². The maximum absolute atomic E-state index is 12.5. The largest absolute Gasteiger partial charge is 0.350 e. The topological polar surface area (TPSA) is 156 Å². The average Bonchev–Trinajstić information content (AvgIpc) is 3.92. The van der Waals surface area contributed by atoms with Crippen LogP contribution in [0.2, 0.25) is 0 Å². The minimum absolute atomic E-state index is 0.0802. The van der Waals surface area contributed by atoms with E-state index < -0.39 is 0 Å². The van der Waals surface area contributed by atoms with Crippen LogP contribution in [0.1, 0.15) is 70.9 Å². The van der Waals surface area contributed by atoms with Gasteiger partial charge in [0.2, 0.25) is 0 Å². The number of nitrogens with zero attached hydrogens (tertiary/aromatic N) is 2. The summed E-state index contributed by atoms with van der Waals surface area (Å²) in [5.74, 6) is -0.381. The van der Waals surface area contributed by atoms with Gasteiger partial charge in [-0.3, -0.25) is 14.4 Å². The number of H-pyrrole nitrogens is 2. The molecule has 2 amide bonds. The number of benzene rings is 2. The molecule has 5 aromatic rings. The molecule has 0 aliphatic heterocycles. The van der Waals surface area contributed by atoms with Crippen molar-refractivity contribution in [2.45, 2.75) is 51.6 Å². The molecular weight excluding hydrogens is 690 g/mol. The zero-order valence-corrected chi connectivity index (χ0v) is 27.3. The summed E-state index contributed by atoms with van der Waals surface area (Å²) < 4.78 is 1.85. The number of halogens is 2. The third-order valence-electron chi connectivity index (χ3n) is 6.99. The molecule has 44 heavy (non-hydrogen) atoms. The molecule has 0 saturated heterocycles. The van der Waals surface area contributed by atoms with Crippen molar-refractivity contribution in [3.8, 4) is 11.3 Å². The smallest absolute Gasteiger partial charge is 0.268 e. The second-order valence-corrected chi connectivity index (χ2v) is 12.4. The second-order valence-electron chi connectivity index (χ2n) is 10.6. The SMILES string of the molecule is CC(=O)c1c(C(=O)NC2CC2)[nH]c2ccc(Br)cc12.CC=N.O=C(NC1CC1)c1[nH]c2ccc(Br)cc2c1-c1ccncn1. The monoisotopic (exact) mass is 719 g/mol. The number of carbonyl (C=O) groups excluding carboxylic acids is 3. The first-order valence-electron chi connectivity index (χ1n) is 14.2. The first-order valence-corrected chi connectivity index (χ1v) is 15.7. The molecule has 0 bridgehead atoms. The van der Waals surface area contributed by atoms with Crippen LogP contribution in [-0.4, -0.2) is 55.8 Å². The lowest BCUT2D eigenvalue weighted by Gasteiger charge is -2.05. The van der Waals surface area contributed by atoms with Crippen LogP contribution < -0.4 is 10.6 Å². The Hall–Kier alpha value is -4.16. The Balaban J connectivity index is 0.000000162. The maximum atomic E-state index is 12.5. The molecule has 12 heteroatoms. The number of aromatic nitrogens is 4. The Morgan fingerprint density at radius 1 is 0.864 bits per heavy atom. The Labute approximate surface area is 270 Å². The molecular formula is C32H31Br2N7O3. The van der Waals surface area contributed by atoms with E-state index in [1.807, 2.05) is 42.5 Å². The summed E-state index contributed by atoms with van der Waals surface area (Å²) >= 11 is 6.88. The quantitative estimate of drug-likeness (QED) is 0.0947. The summed E-state index contributed by atoms with van der Waals surface area (Å²) in [5, 5.41) is 13.8. The highest BCUT2D eigenvalue weighted by atomic mass is 79.9. The van der Waals surface area contributed by atoms with E-state index in [1.54, 1.807) is 13.1 Å². The number of hydrogen-bond acceptors (Lipinski definition) is 6. The van der Waals surface area contributed by atoms with Gasteiger partial charge < -0.3 is 26.0 Å². The van der Waals surface area contributed by atoms with Crippen LogP contribution in [0.5, 0.6) is 0 Å². The number of nitrogens with one attached hydrogen (secondary N) is 5. The van der Waals surface area contributed by atoms with Crippen molar-refractivity contribution in [1.29, 1.82) is 5.41 Å². The Bertz CT molecular complexity index is 1860. The fraction of sp³-hybridized carbons (Fsp3) is 0.250. The zero-order chi connectivity index (χ0) is 31.4. The summed E-state index contributed by atoms with van der Waals surface area (Å²) in [7, 11) is 0. The van der Waals surface area contributed by atoms with Gasteiger partial charge in [0.05, 0.1) is 11.3 Å². The van der Waals surface area contributed by atoms with Gasteiger partial charge in [0, 0.05) is 54.6 Å². The summed E-state index contributed by atoms with van der Waals surface area (Å²) in [4.78, 5) is 51.1. The van der Waals surface area contributed by atoms with Crippen LogP contribution >= 0.6 is 31.9 Å². The Kier molecular flexibility index (Phi) is 9.70. The van der Waals surface area contributed by atoms with Crippen LogP contribution in [-0.2, 0) is 0 Å². The van der Waals surface area contributed by atoms with E-state index in [-0.39, 0.29) is 23.6 Å². The predicted molar refractivity (Wildman–Crippen MR) is 178 cm³/mol. The van der Waals surface area contributed by atoms with Crippen molar-refractivity contribution in [3.63, 3.8) is 0 Å². The van der Waals surface area contributed by atoms with E-state index in [1.165, 1.54) is 19.5 Å². The first kappa shape index (κ1) is 31.3. The minimum atomic E-state index is -0.194. The molecule has 2 aromatic carbocycles. The van der Waals surface area contributed by atoms with Gasteiger partial charge in [-0.05, 0) is 88.2 Å². The molecule has 2 aliphatic carbocycles. The highest BCUT2D eigenvalue weighted by Gasteiger charge is 2.28. The van der Waals surface area contributed by atoms with Crippen molar-refractivity contribution >= 4 is 77.5 Å². The fourth-order valence-corrected chi connectivity index (χ4v) is 5.43. The number of carbonyl (C=O) groups is 3. The second kappa shape index (κ2) is 13.6. The number of rotatable bonds is 6. The van der Waals surface area contributed by atoms with Crippen LogP contribution in [0, 0.1) is 5.41 Å². The summed E-state index contributed by atoms with van der Waals surface area (Å²) in [6.45, 7) is 3.15. The Morgan fingerprint density at radius 2 is 1.39 bits per heavy atom. The lowest BCUT2D eigenvalue weighted by molar-refractivity contribution is 0.0932.